The standard InChI is InChI=1S/C17H20ClN5O5S/c1-3-8-13(18)21-14(19-8)16(26)20-9-4-5-23(7-10(9)28-2)12(24)6-11-15(25)22-17(27)29-11/h6,9-10H,3-5,7H2,1-2H3,(H,19,21)(H,20,26)(H,22,25,27)/b11-6-. The summed E-state index contributed by atoms with van der Waals surface area (Å²) in [7, 11) is 1.49. The fraction of sp³-hybridized carbons (Fsp3) is 0.471. The van der Waals surface area contributed by atoms with Gasteiger partial charge in [-0.25, -0.2) is 4.98 Å². The van der Waals surface area contributed by atoms with Gasteiger partial charge in [-0.3, -0.25) is 24.5 Å². The van der Waals surface area contributed by atoms with E-state index in [0.717, 1.165) is 6.08 Å². The molecule has 29 heavy (non-hydrogen) atoms. The maximum absolute atomic E-state index is 12.5. The molecule has 0 radical (unpaired) electrons. The average Bonchev–Trinajstić information content (AvgIpc) is 3.22. The molecule has 3 N–H and O–H groups in total. The number of hydrogen-bond acceptors (Lipinski definition) is 7. The summed E-state index contributed by atoms with van der Waals surface area (Å²) in [6.45, 7) is 2.48. The van der Waals surface area contributed by atoms with E-state index in [0.29, 0.717) is 36.8 Å². The highest BCUT2D eigenvalue weighted by atomic mass is 35.5. The lowest BCUT2D eigenvalue weighted by atomic mass is 10.0. The van der Waals surface area contributed by atoms with Crippen LogP contribution >= 0.6 is 23.4 Å². The number of imide groups is 1. The van der Waals surface area contributed by atoms with Gasteiger partial charge in [0.2, 0.25) is 5.91 Å². The van der Waals surface area contributed by atoms with Gasteiger partial charge in [-0.1, -0.05) is 18.5 Å². The second kappa shape index (κ2) is 8.97. The zero-order valence-corrected chi connectivity index (χ0v) is 17.4. The Balaban J connectivity index is 1.62. The van der Waals surface area contributed by atoms with Crippen molar-refractivity contribution in [2.24, 2.45) is 0 Å². The highest BCUT2D eigenvalue weighted by molar-refractivity contribution is 8.18. The van der Waals surface area contributed by atoms with Crippen molar-refractivity contribution in [1.82, 2.24) is 25.5 Å². The van der Waals surface area contributed by atoms with E-state index < -0.39 is 29.1 Å². The monoisotopic (exact) mass is 441 g/mol. The van der Waals surface area contributed by atoms with Gasteiger partial charge in [0.05, 0.1) is 22.7 Å². The minimum Gasteiger partial charge on any atom is -0.377 e. The number of aromatic nitrogens is 2. The zero-order valence-electron chi connectivity index (χ0n) is 15.8. The number of hydrogen-bond donors (Lipinski definition) is 3. The third kappa shape index (κ3) is 4.80. The Hall–Kier alpha value is -2.37. The largest absolute Gasteiger partial charge is 0.377 e. The summed E-state index contributed by atoms with van der Waals surface area (Å²) in [4.78, 5) is 56.2. The van der Waals surface area contributed by atoms with E-state index in [1.807, 2.05) is 6.92 Å². The van der Waals surface area contributed by atoms with Crippen LogP contribution in [0.15, 0.2) is 11.0 Å². The number of imidazole rings is 1. The summed E-state index contributed by atoms with van der Waals surface area (Å²) in [6, 6.07) is -0.330. The number of aromatic amines is 1. The molecule has 12 heteroatoms. The number of piperidine rings is 1. The number of H-pyrrole nitrogens is 1. The lowest BCUT2D eigenvalue weighted by Gasteiger charge is -2.37. The Kier molecular flexibility index (Phi) is 6.60. The quantitative estimate of drug-likeness (QED) is 0.576. The molecule has 0 saturated carbocycles. The minimum absolute atomic E-state index is 0.0609. The van der Waals surface area contributed by atoms with E-state index in [4.69, 9.17) is 16.3 Å². The molecule has 156 valence electrons. The molecule has 2 atom stereocenters. The van der Waals surface area contributed by atoms with Crippen molar-refractivity contribution in [3.63, 3.8) is 0 Å². The van der Waals surface area contributed by atoms with Gasteiger partial charge in [0.25, 0.3) is 17.1 Å². The topological polar surface area (TPSA) is 133 Å². The highest BCUT2D eigenvalue weighted by Crippen LogP contribution is 2.24. The fourth-order valence-electron chi connectivity index (χ4n) is 3.11. The van der Waals surface area contributed by atoms with Crippen LogP contribution in [0.3, 0.4) is 0 Å². The summed E-state index contributed by atoms with van der Waals surface area (Å²) in [5.41, 5.74) is 0.681. The van der Waals surface area contributed by atoms with Crippen LogP contribution in [-0.2, 0) is 20.7 Å². The van der Waals surface area contributed by atoms with Crippen LogP contribution in [0.1, 0.15) is 29.7 Å². The maximum Gasteiger partial charge on any atom is 0.290 e. The van der Waals surface area contributed by atoms with Gasteiger partial charge in [-0.2, -0.15) is 0 Å². The Morgan fingerprint density at radius 1 is 1.45 bits per heavy atom. The van der Waals surface area contributed by atoms with Crippen molar-refractivity contribution < 1.29 is 23.9 Å². The summed E-state index contributed by atoms with van der Waals surface area (Å²) in [5, 5.41) is 4.73. The predicted molar refractivity (Wildman–Crippen MR) is 105 cm³/mol. The maximum atomic E-state index is 12.5. The number of halogens is 1. The first-order valence-electron chi connectivity index (χ1n) is 8.94. The van der Waals surface area contributed by atoms with Gasteiger partial charge in [-0.05, 0) is 24.6 Å². The number of carbonyl (C=O) groups is 4. The van der Waals surface area contributed by atoms with Crippen molar-refractivity contribution in [3.8, 4) is 0 Å². The first-order chi connectivity index (χ1) is 13.8. The predicted octanol–water partition coefficient (Wildman–Crippen LogP) is 0.838. The number of rotatable bonds is 5. The molecule has 4 amide bonds. The Bertz CT molecular complexity index is 886. The SMILES string of the molecule is CCc1[nH]c(C(=O)NC2CCN(C(=O)/C=C3\SC(=O)NC3=O)CC2OC)nc1Cl. The van der Waals surface area contributed by atoms with Gasteiger partial charge in [0.15, 0.2) is 11.0 Å². The van der Waals surface area contributed by atoms with Gasteiger partial charge in [0.1, 0.15) is 0 Å². The van der Waals surface area contributed by atoms with Crippen LogP contribution in [-0.4, -0.2) is 70.2 Å². The normalized spacial score (nSPS) is 23.4. The molecule has 3 heterocycles. The molecule has 2 unspecified atom stereocenters. The molecule has 0 spiro atoms. The van der Waals surface area contributed by atoms with Crippen molar-refractivity contribution >= 4 is 46.3 Å². The number of thioether (sulfide) groups is 1. The van der Waals surface area contributed by atoms with E-state index in [-0.39, 0.29) is 28.5 Å². The number of ether oxygens (including phenoxy) is 1. The molecule has 1 aromatic rings. The molecule has 2 saturated heterocycles. The highest BCUT2D eigenvalue weighted by Gasteiger charge is 2.34. The first-order valence-corrected chi connectivity index (χ1v) is 10.1. The molecule has 2 aliphatic rings. The van der Waals surface area contributed by atoms with Crippen LogP contribution in [0.2, 0.25) is 5.15 Å². The Morgan fingerprint density at radius 2 is 2.21 bits per heavy atom. The minimum atomic E-state index is -0.581. The number of nitrogens with zero attached hydrogens (tertiary/aromatic N) is 2. The van der Waals surface area contributed by atoms with Crippen LogP contribution < -0.4 is 10.6 Å². The summed E-state index contributed by atoms with van der Waals surface area (Å²) in [6.07, 6.45) is 1.77. The van der Waals surface area contributed by atoms with Crippen molar-refractivity contribution in [3.05, 3.63) is 27.7 Å². The summed E-state index contributed by atoms with van der Waals surface area (Å²) >= 11 is 6.67. The number of amides is 4. The van der Waals surface area contributed by atoms with Crippen molar-refractivity contribution in [1.29, 1.82) is 0 Å². The first kappa shape index (κ1) is 21.3. The summed E-state index contributed by atoms with van der Waals surface area (Å²) in [5.74, 6) is -1.26. The lowest BCUT2D eigenvalue weighted by Crippen LogP contribution is -2.56. The smallest absolute Gasteiger partial charge is 0.290 e. The van der Waals surface area contributed by atoms with Crippen LogP contribution in [0.5, 0.6) is 0 Å². The molecule has 3 rings (SSSR count). The second-order valence-corrected chi connectivity index (χ2v) is 7.86. The number of likely N-dealkylation sites (tertiary alicyclic amines) is 1. The number of carbonyl (C=O) groups excluding carboxylic acids is 4. The molecule has 1 aromatic heterocycles. The van der Waals surface area contributed by atoms with E-state index in [1.54, 1.807) is 0 Å². The number of aryl methyl sites for hydroxylation is 1. The third-order valence-corrected chi connectivity index (χ3v) is 5.81. The van der Waals surface area contributed by atoms with Gasteiger partial charge < -0.3 is 19.9 Å². The van der Waals surface area contributed by atoms with Crippen LogP contribution in [0.4, 0.5) is 4.79 Å². The third-order valence-electron chi connectivity index (χ3n) is 4.68. The second-order valence-electron chi connectivity index (χ2n) is 6.49. The van der Waals surface area contributed by atoms with E-state index >= 15 is 0 Å². The molecular formula is C17H20ClN5O5S. The molecule has 0 aromatic carbocycles. The molecule has 2 aliphatic heterocycles. The fourth-order valence-corrected chi connectivity index (χ4v) is 4.02. The van der Waals surface area contributed by atoms with Gasteiger partial charge in [0, 0.05) is 26.3 Å². The Labute approximate surface area is 175 Å². The Morgan fingerprint density at radius 3 is 2.79 bits per heavy atom. The van der Waals surface area contributed by atoms with E-state index in [9.17, 15) is 19.2 Å². The molecule has 0 bridgehead atoms. The molecule has 0 aliphatic carbocycles. The van der Waals surface area contributed by atoms with E-state index in [1.165, 1.54) is 12.0 Å². The zero-order chi connectivity index (χ0) is 21.1. The molecule has 10 nitrogen and oxygen atoms in total. The molecule has 2 fully saturated rings. The van der Waals surface area contributed by atoms with E-state index in [2.05, 4.69) is 20.6 Å². The molecular weight excluding hydrogens is 422 g/mol. The van der Waals surface area contributed by atoms with Gasteiger partial charge >= 0.3 is 0 Å². The summed E-state index contributed by atoms with van der Waals surface area (Å²) < 4.78 is 5.45. The average molecular weight is 442 g/mol. The van der Waals surface area contributed by atoms with Crippen molar-refractivity contribution in [2.45, 2.75) is 31.9 Å². The van der Waals surface area contributed by atoms with Gasteiger partial charge in [-0.15, -0.1) is 0 Å². The van der Waals surface area contributed by atoms with Crippen molar-refractivity contribution in [2.75, 3.05) is 20.2 Å². The lowest BCUT2D eigenvalue weighted by molar-refractivity contribution is -0.130. The number of methoxy groups -OCH3 is 1. The van der Waals surface area contributed by atoms with Crippen LogP contribution in [0.25, 0.3) is 0 Å². The van der Waals surface area contributed by atoms with Crippen LogP contribution in [0, 0.1) is 0 Å². The number of nitrogens with one attached hydrogen (secondary N) is 3.